The second-order valence-electron chi connectivity index (χ2n) is 7.26. The van der Waals surface area contributed by atoms with Crippen molar-refractivity contribution in [3.8, 4) is 0 Å². The van der Waals surface area contributed by atoms with E-state index in [0.717, 1.165) is 17.9 Å². The fraction of sp³-hybridized carbons (Fsp3) is 0.579. The molecule has 130 valence electrons. The zero-order chi connectivity index (χ0) is 17.3. The summed E-state index contributed by atoms with van der Waals surface area (Å²) < 4.78 is 0. The lowest BCUT2D eigenvalue weighted by Gasteiger charge is -2.33. The van der Waals surface area contributed by atoms with Crippen LogP contribution in [0.15, 0.2) is 24.3 Å². The quantitative estimate of drug-likeness (QED) is 0.857. The first-order valence-electron chi connectivity index (χ1n) is 8.66. The van der Waals surface area contributed by atoms with Gasteiger partial charge in [-0.2, -0.15) is 11.8 Å². The van der Waals surface area contributed by atoms with Crippen LogP contribution in [0.4, 0.5) is 0 Å². The molecule has 1 saturated heterocycles. The molecule has 3 rings (SSSR count). The number of hydrogen-bond donors (Lipinski definition) is 2. The third-order valence-corrected chi connectivity index (χ3v) is 6.26. The molecule has 0 spiro atoms. The molecule has 0 aromatic heterocycles. The smallest absolute Gasteiger partial charge is 0.329 e. The van der Waals surface area contributed by atoms with Crippen molar-refractivity contribution in [2.75, 3.05) is 11.5 Å². The van der Waals surface area contributed by atoms with Crippen LogP contribution in [0.5, 0.6) is 0 Å². The lowest BCUT2D eigenvalue weighted by atomic mass is 9.92. The minimum absolute atomic E-state index is 0.0827. The number of amides is 1. The molecule has 1 saturated carbocycles. The average molecular weight is 347 g/mol. The molecule has 4 nitrogen and oxygen atoms in total. The van der Waals surface area contributed by atoms with Crippen molar-refractivity contribution in [3.05, 3.63) is 35.4 Å². The summed E-state index contributed by atoms with van der Waals surface area (Å²) in [6, 6.07) is 8.48. The van der Waals surface area contributed by atoms with E-state index >= 15 is 0 Å². The Kier molecular flexibility index (Phi) is 4.90. The third-order valence-electron chi connectivity index (χ3n) is 5.28. The molecule has 2 fully saturated rings. The molecule has 5 heteroatoms. The number of carbonyl (C=O) groups is 2. The Hall–Kier alpha value is -1.49. The summed E-state index contributed by atoms with van der Waals surface area (Å²) in [4.78, 5) is 24.2. The summed E-state index contributed by atoms with van der Waals surface area (Å²) in [5.74, 6) is 1.24. The Morgan fingerprint density at radius 3 is 2.38 bits per heavy atom. The first-order chi connectivity index (χ1) is 11.4. The van der Waals surface area contributed by atoms with Crippen LogP contribution in [0.25, 0.3) is 0 Å². The van der Waals surface area contributed by atoms with E-state index in [9.17, 15) is 14.7 Å². The van der Waals surface area contributed by atoms with E-state index in [2.05, 4.69) is 43.4 Å². The van der Waals surface area contributed by atoms with Crippen LogP contribution in [0.3, 0.4) is 0 Å². The summed E-state index contributed by atoms with van der Waals surface area (Å²) in [6.07, 6.45) is 1.84. The predicted molar refractivity (Wildman–Crippen MR) is 96.4 cm³/mol. The van der Waals surface area contributed by atoms with Gasteiger partial charge in [0.2, 0.25) is 5.91 Å². The van der Waals surface area contributed by atoms with Gasteiger partial charge in [-0.05, 0) is 53.7 Å². The Balaban J connectivity index is 1.64. The number of benzene rings is 1. The van der Waals surface area contributed by atoms with Crippen LogP contribution >= 0.6 is 11.8 Å². The molecule has 24 heavy (non-hydrogen) atoms. The van der Waals surface area contributed by atoms with Crippen molar-refractivity contribution in [2.45, 2.75) is 50.5 Å². The molecule has 2 aliphatic rings. The summed E-state index contributed by atoms with van der Waals surface area (Å²) in [7, 11) is 0. The van der Waals surface area contributed by atoms with Gasteiger partial charge < -0.3 is 10.4 Å². The molecule has 1 amide bonds. The molecular formula is C19H25NO3S. The van der Waals surface area contributed by atoms with Crippen LogP contribution in [0.2, 0.25) is 0 Å². The summed E-state index contributed by atoms with van der Waals surface area (Å²) in [6.45, 7) is 4.33. The molecule has 0 radical (unpaired) electrons. The van der Waals surface area contributed by atoms with Gasteiger partial charge in [-0.3, -0.25) is 4.79 Å². The Morgan fingerprint density at radius 2 is 1.83 bits per heavy atom. The van der Waals surface area contributed by atoms with Gasteiger partial charge in [0.1, 0.15) is 5.54 Å². The Bertz CT molecular complexity index is 620. The van der Waals surface area contributed by atoms with Crippen molar-refractivity contribution in [1.82, 2.24) is 5.32 Å². The fourth-order valence-corrected chi connectivity index (χ4v) is 4.61. The number of aliphatic carboxylic acids is 1. The Labute approximate surface area is 147 Å². The van der Waals surface area contributed by atoms with Crippen LogP contribution in [0, 0.1) is 5.92 Å². The van der Waals surface area contributed by atoms with Crippen LogP contribution in [0.1, 0.15) is 56.1 Å². The zero-order valence-corrected chi connectivity index (χ0v) is 15.1. The summed E-state index contributed by atoms with van der Waals surface area (Å²) >= 11 is 1.75. The van der Waals surface area contributed by atoms with Gasteiger partial charge in [-0.25, -0.2) is 4.79 Å². The van der Waals surface area contributed by atoms with E-state index in [0.29, 0.717) is 18.8 Å². The van der Waals surface area contributed by atoms with E-state index in [4.69, 9.17) is 0 Å². The summed E-state index contributed by atoms with van der Waals surface area (Å²) in [5.41, 5.74) is 1.42. The van der Waals surface area contributed by atoms with Crippen molar-refractivity contribution < 1.29 is 14.7 Å². The number of nitrogens with one attached hydrogen (secondary N) is 1. The maximum atomic E-state index is 12.6. The number of rotatable bonds is 5. The number of hydrogen-bond acceptors (Lipinski definition) is 3. The molecule has 2 unspecified atom stereocenters. The highest BCUT2D eigenvalue weighted by atomic mass is 32.2. The van der Waals surface area contributed by atoms with Gasteiger partial charge in [-0.15, -0.1) is 0 Å². The lowest BCUT2D eigenvalue weighted by Crippen LogP contribution is -2.57. The SMILES string of the molecule is CC(C)c1ccc(C2CC2C(=O)NC2(C(=O)O)CCSCC2)cc1. The molecule has 2 N–H and O–H groups in total. The average Bonchev–Trinajstić information content (AvgIpc) is 3.36. The molecule has 1 aromatic rings. The maximum absolute atomic E-state index is 12.6. The van der Waals surface area contributed by atoms with Crippen molar-refractivity contribution in [1.29, 1.82) is 0 Å². The molecular weight excluding hydrogens is 322 g/mol. The number of thioether (sulfide) groups is 1. The first kappa shape index (κ1) is 17.3. The molecule has 0 bridgehead atoms. The van der Waals surface area contributed by atoms with E-state index in [1.54, 1.807) is 11.8 Å². The second kappa shape index (κ2) is 6.79. The van der Waals surface area contributed by atoms with E-state index < -0.39 is 11.5 Å². The van der Waals surface area contributed by atoms with E-state index in [1.807, 2.05) is 0 Å². The fourth-order valence-electron chi connectivity index (χ4n) is 3.42. The molecule has 1 aliphatic heterocycles. The third kappa shape index (κ3) is 3.46. The first-order valence-corrected chi connectivity index (χ1v) is 9.81. The van der Waals surface area contributed by atoms with Gasteiger partial charge >= 0.3 is 5.97 Å². The highest BCUT2D eigenvalue weighted by Crippen LogP contribution is 2.48. The number of carboxylic acid groups (broad SMARTS) is 1. The molecule has 1 aliphatic carbocycles. The van der Waals surface area contributed by atoms with Crippen molar-refractivity contribution in [2.24, 2.45) is 5.92 Å². The van der Waals surface area contributed by atoms with Gasteiger partial charge in [0.15, 0.2) is 0 Å². The highest BCUT2D eigenvalue weighted by Gasteiger charge is 2.48. The zero-order valence-electron chi connectivity index (χ0n) is 14.2. The summed E-state index contributed by atoms with van der Waals surface area (Å²) in [5, 5.41) is 12.5. The standard InChI is InChI=1S/C19H25NO3S/c1-12(2)13-3-5-14(6-4-13)15-11-16(15)17(21)20-19(18(22)23)7-9-24-10-8-19/h3-6,12,15-16H,7-11H2,1-2H3,(H,20,21)(H,22,23). The van der Waals surface area contributed by atoms with Gasteiger partial charge in [0, 0.05) is 5.92 Å². The predicted octanol–water partition coefficient (Wildman–Crippen LogP) is 3.38. The van der Waals surface area contributed by atoms with E-state index in [1.165, 1.54) is 11.1 Å². The number of carboxylic acids is 1. The normalized spacial score (nSPS) is 25.3. The van der Waals surface area contributed by atoms with Gasteiger partial charge in [0.05, 0.1) is 0 Å². The van der Waals surface area contributed by atoms with Crippen LogP contribution in [-0.4, -0.2) is 34.0 Å². The minimum Gasteiger partial charge on any atom is -0.480 e. The molecule has 1 heterocycles. The maximum Gasteiger partial charge on any atom is 0.329 e. The monoisotopic (exact) mass is 347 g/mol. The number of carbonyl (C=O) groups excluding carboxylic acids is 1. The minimum atomic E-state index is -1.06. The molecule has 1 aromatic carbocycles. The van der Waals surface area contributed by atoms with Crippen LogP contribution < -0.4 is 5.32 Å². The lowest BCUT2D eigenvalue weighted by molar-refractivity contribution is -0.148. The largest absolute Gasteiger partial charge is 0.480 e. The van der Waals surface area contributed by atoms with Crippen molar-refractivity contribution in [3.63, 3.8) is 0 Å². The Morgan fingerprint density at radius 1 is 1.21 bits per heavy atom. The van der Waals surface area contributed by atoms with Crippen molar-refractivity contribution >= 4 is 23.6 Å². The van der Waals surface area contributed by atoms with Crippen LogP contribution in [-0.2, 0) is 9.59 Å². The topological polar surface area (TPSA) is 66.4 Å². The van der Waals surface area contributed by atoms with Gasteiger partial charge in [-0.1, -0.05) is 38.1 Å². The van der Waals surface area contributed by atoms with Gasteiger partial charge in [0.25, 0.3) is 0 Å². The van der Waals surface area contributed by atoms with E-state index in [-0.39, 0.29) is 17.7 Å². The second-order valence-corrected chi connectivity index (χ2v) is 8.48. The molecule has 2 atom stereocenters. The highest BCUT2D eigenvalue weighted by molar-refractivity contribution is 7.99.